The van der Waals surface area contributed by atoms with Gasteiger partial charge < -0.3 is 4.42 Å². The summed E-state index contributed by atoms with van der Waals surface area (Å²) in [6.07, 6.45) is 1.48. The van der Waals surface area contributed by atoms with Crippen molar-refractivity contribution in [3.8, 4) is 11.3 Å². The molecule has 2 heterocycles. The van der Waals surface area contributed by atoms with Crippen molar-refractivity contribution in [1.82, 2.24) is 4.98 Å². The lowest BCUT2D eigenvalue weighted by molar-refractivity contribution is 0.102. The van der Waals surface area contributed by atoms with Gasteiger partial charge in [-0.25, -0.2) is 4.98 Å². The summed E-state index contributed by atoms with van der Waals surface area (Å²) in [5.74, 6) is 0.310. The predicted molar refractivity (Wildman–Crippen MR) is 89.0 cm³/mol. The predicted octanol–water partition coefficient (Wildman–Crippen LogP) is 5.27. The summed E-state index contributed by atoms with van der Waals surface area (Å²) < 4.78 is 5.12. The van der Waals surface area contributed by atoms with E-state index in [1.54, 1.807) is 31.2 Å². The molecule has 1 amide bonds. The molecule has 0 saturated heterocycles. The molecular formula is C15H10Cl2N2O2S. The third-order valence-corrected chi connectivity index (χ3v) is 4.34. The van der Waals surface area contributed by atoms with Crippen LogP contribution in [0.4, 0.5) is 5.13 Å². The summed E-state index contributed by atoms with van der Waals surface area (Å²) in [5, 5.41) is 6.14. The van der Waals surface area contributed by atoms with E-state index in [4.69, 9.17) is 27.6 Å². The Hall–Kier alpha value is -1.82. The van der Waals surface area contributed by atoms with Gasteiger partial charge in [0.2, 0.25) is 0 Å². The third-order valence-electron chi connectivity index (χ3n) is 3.04. The van der Waals surface area contributed by atoms with Crippen LogP contribution in [0.5, 0.6) is 0 Å². The molecule has 0 unspecified atom stereocenters. The number of amides is 1. The normalized spacial score (nSPS) is 10.7. The van der Waals surface area contributed by atoms with Gasteiger partial charge in [0.05, 0.1) is 22.5 Å². The van der Waals surface area contributed by atoms with E-state index in [1.807, 2.05) is 5.38 Å². The Morgan fingerprint density at radius 1 is 1.32 bits per heavy atom. The molecule has 0 aliphatic carbocycles. The molecule has 1 N–H and O–H groups in total. The fourth-order valence-corrected chi connectivity index (χ4v) is 3.15. The minimum atomic E-state index is -0.255. The fourth-order valence-electron chi connectivity index (χ4n) is 1.94. The van der Waals surface area contributed by atoms with Crippen molar-refractivity contribution in [3.63, 3.8) is 0 Å². The van der Waals surface area contributed by atoms with Gasteiger partial charge in [-0.05, 0) is 31.2 Å². The van der Waals surface area contributed by atoms with Crippen molar-refractivity contribution in [2.45, 2.75) is 6.92 Å². The zero-order chi connectivity index (χ0) is 15.7. The van der Waals surface area contributed by atoms with Crippen LogP contribution in [-0.4, -0.2) is 10.9 Å². The molecule has 0 aliphatic rings. The first-order valence-electron chi connectivity index (χ1n) is 6.31. The molecule has 3 rings (SSSR count). The van der Waals surface area contributed by atoms with E-state index in [1.165, 1.54) is 17.6 Å². The molecule has 7 heteroatoms. The SMILES string of the molecule is Cc1occc1C(=O)Nc1nc(-c2ccc(Cl)cc2Cl)cs1. The lowest BCUT2D eigenvalue weighted by Gasteiger charge is -2.01. The summed E-state index contributed by atoms with van der Waals surface area (Å²) in [7, 11) is 0. The van der Waals surface area contributed by atoms with Gasteiger partial charge in [-0.15, -0.1) is 11.3 Å². The highest BCUT2D eigenvalue weighted by atomic mass is 35.5. The Labute approximate surface area is 140 Å². The summed E-state index contributed by atoms with van der Waals surface area (Å²) in [5.41, 5.74) is 1.94. The Bertz CT molecular complexity index is 842. The third kappa shape index (κ3) is 3.02. The highest BCUT2D eigenvalue weighted by molar-refractivity contribution is 7.14. The molecule has 0 spiro atoms. The second-order valence-electron chi connectivity index (χ2n) is 4.51. The van der Waals surface area contributed by atoms with E-state index in [2.05, 4.69) is 10.3 Å². The number of hydrogen-bond donors (Lipinski definition) is 1. The number of aromatic nitrogens is 1. The second-order valence-corrected chi connectivity index (χ2v) is 6.21. The molecule has 0 fully saturated rings. The number of carbonyl (C=O) groups is 1. The summed E-state index contributed by atoms with van der Waals surface area (Å²) in [4.78, 5) is 16.5. The summed E-state index contributed by atoms with van der Waals surface area (Å²) in [6, 6.07) is 6.82. The number of thiazole rings is 1. The minimum absolute atomic E-state index is 0.255. The van der Waals surface area contributed by atoms with Gasteiger partial charge >= 0.3 is 0 Å². The van der Waals surface area contributed by atoms with Crippen molar-refractivity contribution in [3.05, 3.63) is 57.3 Å². The van der Waals surface area contributed by atoms with Gasteiger partial charge in [-0.3, -0.25) is 10.1 Å². The number of aryl methyl sites for hydroxylation is 1. The quantitative estimate of drug-likeness (QED) is 0.698. The van der Waals surface area contributed by atoms with Crippen molar-refractivity contribution >= 4 is 45.6 Å². The Morgan fingerprint density at radius 2 is 2.14 bits per heavy atom. The van der Waals surface area contributed by atoms with E-state index >= 15 is 0 Å². The number of nitrogens with zero attached hydrogens (tertiary/aromatic N) is 1. The molecule has 4 nitrogen and oxygen atoms in total. The number of benzene rings is 1. The van der Waals surface area contributed by atoms with Gasteiger partial charge in [0, 0.05) is 16.0 Å². The lowest BCUT2D eigenvalue weighted by atomic mass is 10.2. The average molecular weight is 353 g/mol. The Balaban J connectivity index is 1.82. The smallest absolute Gasteiger partial charge is 0.260 e. The number of halogens is 2. The molecule has 0 aliphatic heterocycles. The second kappa shape index (κ2) is 6.12. The average Bonchev–Trinajstić information content (AvgIpc) is 3.08. The van der Waals surface area contributed by atoms with Crippen LogP contribution in [0.3, 0.4) is 0 Å². The molecule has 0 saturated carbocycles. The van der Waals surface area contributed by atoms with Crippen LogP contribution < -0.4 is 5.32 Å². The van der Waals surface area contributed by atoms with E-state index in [0.717, 1.165) is 5.56 Å². The van der Waals surface area contributed by atoms with Crippen LogP contribution in [0.15, 0.2) is 40.3 Å². The van der Waals surface area contributed by atoms with E-state index in [9.17, 15) is 4.79 Å². The van der Waals surface area contributed by atoms with Crippen LogP contribution in [0, 0.1) is 6.92 Å². The first kappa shape index (κ1) is 15.1. The summed E-state index contributed by atoms with van der Waals surface area (Å²) >= 11 is 13.4. The summed E-state index contributed by atoms with van der Waals surface area (Å²) in [6.45, 7) is 1.73. The zero-order valence-electron chi connectivity index (χ0n) is 11.4. The fraction of sp³-hybridized carbons (Fsp3) is 0.0667. The van der Waals surface area contributed by atoms with Gasteiger partial charge in [0.1, 0.15) is 5.76 Å². The largest absolute Gasteiger partial charge is 0.469 e. The topological polar surface area (TPSA) is 55.1 Å². The molecule has 3 aromatic rings. The number of nitrogens with one attached hydrogen (secondary N) is 1. The maximum atomic E-state index is 12.1. The van der Waals surface area contributed by atoms with Gasteiger partial charge in [-0.2, -0.15) is 0 Å². The number of hydrogen-bond acceptors (Lipinski definition) is 4. The van der Waals surface area contributed by atoms with E-state index in [0.29, 0.717) is 32.2 Å². The van der Waals surface area contributed by atoms with Crippen molar-refractivity contribution < 1.29 is 9.21 Å². The van der Waals surface area contributed by atoms with Crippen molar-refractivity contribution in [2.24, 2.45) is 0 Å². The molecule has 112 valence electrons. The highest BCUT2D eigenvalue weighted by Crippen LogP contribution is 2.32. The highest BCUT2D eigenvalue weighted by Gasteiger charge is 2.14. The monoisotopic (exact) mass is 352 g/mol. The molecule has 0 atom stereocenters. The molecule has 22 heavy (non-hydrogen) atoms. The first-order valence-corrected chi connectivity index (χ1v) is 7.94. The van der Waals surface area contributed by atoms with Crippen LogP contribution in [0.1, 0.15) is 16.1 Å². The molecular weight excluding hydrogens is 343 g/mol. The maximum absolute atomic E-state index is 12.1. The standard InChI is InChI=1S/C15H10Cl2N2O2S/c1-8-10(4-5-21-8)14(20)19-15-18-13(7-22-15)11-3-2-9(16)6-12(11)17/h2-7H,1H3,(H,18,19,20). The Kier molecular flexibility index (Phi) is 4.20. The van der Waals surface area contributed by atoms with Gasteiger partial charge in [0.15, 0.2) is 5.13 Å². The van der Waals surface area contributed by atoms with E-state index in [-0.39, 0.29) is 5.91 Å². The number of furan rings is 1. The number of anilines is 1. The van der Waals surface area contributed by atoms with E-state index < -0.39 is 0 Å². The van der Waals surface area contributed by atoms with Crippen LogP contribution in [0.2, 0.25) is 10.0 Å². The van der Waals surface area contributed by atoms with Crippen molar-refractivity contribution in [2.75, 3.05) is 5.32 Å². The van der Waals surface area contributed by atoms with Crippen molar-refractivity contribution in [1.29, 1.82) is 0 Å². The molecule has 0 bridgehead atoms. The maximum Gasteiger partial charge on any atom is 0.260 e. The number of rotatable bonds is 3. The number of carbonyl (C=O) groups excluding carboxylic acids is 1. The minimum Gasteiger partial charge on any atom is -0.469 e. The zero-order valence-corrected chi connectivity index (χ0v) is 13.7. The van der Waals surface area contributed by atoms with Gasteiger partial charge in [-0.1, -0.05) is 23.2 Å². The Morgan fingerprint density at radius 3 is 2.82 bits per heavy atom. The van der Waals surface area contributed by atoms with Crippen LogP contribution >= 0.6 is 34.5 Å². The van der Waals surface area contributed by atoms with Crippen LogP contribution in [-0.2, 0) is 0 Å². The van der Waals surface area contributed by atoms with Gasteiger partial charge in [0.25, 0.3) is 5.91 Å². The lowest BCUT2D eigenvalue weighted by Crippen LogP contribution is -2.11. The van der Waals surface area contributed by atoms with Crippen LogP contribution in [0.25, 0.3) is 11.3 Å². The molecule has 1 aromatic carbocycles. The molecule has 2 aromatic heterocycles. The first-order chi connectivity index (χ1) is 10.5. The molecule has 0 radical (unpaired) electrons.